The van der Waals surface area contributed by atoms with Crippen LogP contribution in [0.5, 0.6) is 5.75 Å². The van der Waals surface area contributed by atoms with Gasteiger partial charge in [0.2, 0.25) is 88.6 Å². The summed E-state index contributed by atoms with van der Waals surface area (Å²) in [6, 6.07) is -17.0. The molecule has 0 saturated carbocycles. The molecule has 0 unspecified atom stereocenters. The molecule has 28 N–H and O–H groups in total. The van der Waals surface area contributed by atoms with Crippen LogP contribution in [0.3, 0.4) is 0 Å². The number of guanidine groups is 1. The Morgan fingerprint density at radius 2 is 0.933 bits per heavy atom. The first kappa shape index (κ1) is 103. The van der Waals surface area contributed by atoms with E-state index in [0.29, 0.717) is 5.56 Å². The smallest absolute Gasteiger partial charge is 0.328 e. The summed E-state index contributed by atoms with van der Waals surface area (Å²) in [7, 11) is 0. The van der Waals surface area contributed by atoms with Gasteiger partial charge in [0, 0.05) is 38.1 Å². The maximum absolute atomic E-state index is 14.5. The van der Waals surface area contributed by atoms with Gasteiger partial charge >= 0.3 is 23.9 Å². The molecule has 16 atom stereocenters. The fraction of sp³-hybridized carbons (Fsp3) is 0.639. The Bertz CT molecular complexity index is 3750. The molecule has 0 spiro atoms. The number of carboxylic acid groups (broad SMARTS) is 4. The number of aromatic hydroxyl groups is 1. The molecule has 0 aliphatic carbocycles. The normalized spacial score (nSPS) is 16.2. The average molecular weight is 1710 g/mol. The predicted octanol–water partition coefficient (Wildman–Crippen LogP) is -8.90. The minimum Gasteiger partial charge on any atom is -0.508 e. The van der Waals surface area contributed by atoms with Gasteiger partial charge < -0.3 is 137 Å². The third kappa shape index (κ3) is 37.7. The standard InChI is InChI=1S/C72H115N19O27S/c1-32(2)24-43(62(108)87-48(31-119)59(105)78-28-50(96)77-29-51(97)79-40(18-20-52(98)99)60(106)83-44(25-33(3)4)64(110)88-55(34(5)6)68(114)85-46(27-54(102)103)65(111)90-57(37(9)94)71(117)118)84-69(115)56(36(8)93)89-61(107)41(19-21-53(100)101)80-66(112)47(30-92)86-67(113)49-13-11-23-91(49)70(116)42(12-10-22-76-72(74)75)81-63(109)45(82-58(104)35(7)73)26-38-14-16-39(95)17-15-38/h14-17,32-37,40-49,55-57,92-95,119H,10-13,18-31,73H2,1-9H3,(H,77,96)(H,78,105)(H,79,97)(H,80,112)(H,81,109)(H,82,104)(H,83,106)(H,84,115)(H,85,114)(H,86,113)(H,87,108)(H,88,110)(H,89,107)(H,90,111)(H,98,99)(H,100,101)(H,102,103)(H,117,118)(H4,74,75,76)/t35-,36+,37+,40-,41-,42-,43-,44-,45-,46-,47-,48-,49-,55-,56-,57-/m0/s1. The number of carbonyl (C=O) groups is 19. The molecular weight excluding hydrogens is 1590 g/mol. The number of thiol groups is 1. The van der Waals surface area contributed by atoms with E-state index in [1.807, 2.05) is 5.32 Å². The molecule has 1 aliphatic heterocycles. The van der Waals surface area contributed by atoms with E-state index >= 15 is 0 Å². The van der Waals surface area contributed by atoms with Crippen molar-refractivity contribution < 1.29 is 132 Å². The SMILES string of the molecule is CC(C)C[C@H](NC(=O)[C@H](CCC(=O)O)NC(=O)CNC(=O)CNC(=O)[C@H](CS)NC(=O)[C@H](CC(C)C)NC(=O)[C@@H](NC(=O)[C@H](CCC(=O)O)NC(=O)[C@H](CO)NC(=O)[C@@H]1CCCN1C(=O)[C@H](CCCN=C(N)N)NC(=O)[C@H](Cc1ccc(O)cc1)NC(=O)[C@H](C)N)[C@@H](C)O)C(=O)N[C@H](C(=O)N[C@@H](CC(=O)O)C(=O)N[C@H](C(=O)O)[C@@H](C)O)C(C)C. The molecule has 666 valence electrons. The van der Waals surface area contributed by atoms with Gasteiger partial charge in [-0.15, -0.1) is 0 Å². The molecule has 1 aromatic rings. The van der Waals surface area contributed by atoms with E-state index in [2.05, 4.69) is 86.7 Å². The number of benzene rings is 1. The number of phenolic OH excluding ortho intramolecular Hbond substituents is 1. The number of nitrogens with two attached hydrogens (primary N) is 3. The summed E-state index contributed by atoms with van der Waals surface area (Å²) in [4.78, 5) is 258. The van der Waals surface area contributed by atoms with Crippen molar-refractivity contribution in [1.29, 1.82) is 0 Å². The number of hydrogen-bond acceptors (Lipinski definition) is 26. The quantitative estimate of drug-likeness (QED) is 0.0125. The fourth-order valence-electron chi connectivity index (χ4n) is 11.6. The Kier molecular flexibility index (Phi) is 44.8. The molecule has 0 radical (unpaired) electrons. The van der Waals surface area contributed by atoms with Crippen molar-refractivity contribution >= 4 is 131 Å². The van der Waals surface area contributed by atoms with Crippen LogP contribution < -0.4 is 91.6 Å². The monoisotopic (exact) mass is 1710 g/mol. The lowest BCUT2D eigenvalue weighted by atomic mass is 9.99. The van der Waals surface area contributed by atoms with E-state index in [1.54, 1.807) is 27.7 Å². The van der Waals surface area contributed by atoms with Gasteiger partial charge in [-0.3, -0.25) is 91.3 Å². The zero-order chi connectivity index (χ0) is 90.4. The minimum absolute atomic E-state index is 0.00912. The first-order valence-electron chi connectivity index (χ1n) is 38.1. The van der Waals surface area contributed by atoms with Crippen molar-refractivity contribution in [3.05, 3.63) is 29.8 Å². The first-order valence-corrected chi connectivity index (χ1v) is 38.8. The molecule has 2 rings (SSSR count). The molecule has 47 heteroatoms. The van der Waals surface area contributed by atoms with Gasteiger partial charge in [0.1, 0.15) is 78.3 Å². The number of phenols is 1. The second-order valence-electron chi connectivity index (χ2n) is 29.5. The van der Waals surface area contributed by atoms with Crippen LogP contribution in [0.1, 0.15) is 139 Å². The van der Waals surface area contributed by atoms with E-state index in [1.165, 1.54) is 45.0 Å². The molecule has 0 aromatic heterocycles. The van der Waals surface area contributed by atoms with Gasteiger partial charge in [-0.25, -0.2) is 4.79 Å². The van der Waals surface area contributed by atoms with E-state index in [-0.39, 0.29) is 75.7 Å². The van der Waals surface area contributed by atoms with Crippen LogP contribution in [0.4, 0.5) is 0 Å². The molecule has 15 amide bonds. The lowest BCUT2D eigenvalue weighted by molar-refractivity contribution is -0.146. The van der Waals surface area contributed by atoms with Crippen molar-refractivity contribution in [2.45, 2.75) is 236 Å². The Morgan fingerprint density at radius 1 is 0.487 bits per heavy atom. The Hall–Kier alpha value is -11.6. The largest absolute Gasteiger partial charge is 0.508 e. The number of carboxylic acids is 4. The number of hydrogen-bond donors (Lipinski definition) is 26. The highest BCUT2D eigenvalue weighted by Gasteiger charge is 2.42. The third-order valence-corrected chi connectivity index (χ3v) is 18.3. The zero-order valence-corrected chi connectivity index (χ0v) is 68.3. The van der Waals surface area contributed by atoms with E-state index in [4.69, 9.17) is 17.2 Å². The first-order chi connectivity index (χ1) is 55.6. The Morgan fingerprint density at radius 3 is 1.44 bits per heavy atom. The summed E-state index contributed by atoms with van der Waals surface area (Å²) in [5.74, 6) is -24.6. The lowest BCUT2D eigenvalue weighted by Crippen LogP contribution is -2.62. The highest BCUT2D eigenvalue weighted by Crippen LogP contribution is 2.22. The number of carbonyl (C=O) groups excluding carboxylic acids is 15. The van der Waals surface area contributed by atoms with Crippen molar-refractivity contribution in [3.8, 4) is 5.75 Å². The second kappa shape index (κ2) is 51.6. The molecule has 1 heterocycles. The number of aliphatic imine (C=N–C) groups is 1. The van der Waals surface area contributed by atoms with Gasteiger partial charge in [-0.05, 0) is 108 Å². The van der Waals surface area contributed by atoms with Crippen molar-refractivity contribution in [2.75, 3.05) is 38.5 Å². The third-order valence-electron chi connectivity index (χ3n) is 17.9. The molecular formula is C72H115N19O27S. The van der Waals surface area contributed by atoms with Gasteiger partial charge in [0.15, 0.2) is 12.0 Å². The number of likely N-dealkylation sites (tertiary alicyclic amines) is 1. The fourth-order valence-corrected chi connectivity index (χ4v) is 11.9. The summed E-state index contributed by atoms with van der Waals surface area (Å²) >= 11 is 4.14. The Balaban J connectivity index is 2.26. The van der Waals surface area contributed by atoms with Gasteiger partial charge in [0.05, 0.1) is 44.4 Å². The topological polar surface area (TPSA) is 748 Å². The number of rotatable bonds is 53. The summed E-state index contributed by atoms with van der Waals surface area (Å²) in [6.07, 6.45) is -7.65. The molecule has 1 aliphatic rings. The predicted molar refractivity (Wildman–Crippen MR) is 421 cm³/mol. The molecule has 1 saturated heterocycles. The number of aliphatic hydroxyl groups excluding tert-OH is 3. The average Bonchev–Trinajstić information content (AvgIpc) is 1.69. The van der Waals surface area contributed by atoms with Crippen LogP contribution in [0, 0.1) is 17.8 Å². The van der Waals surface area contributed by atoms with Crippen LogP contribution in [0.15, 0.2) is 29.3 Å². The van der Waals surface area contributed by atoms with E-state index in [9.17, 15) is 132 Å². The van der Waals surface area contributed by atoms with Crippen molar-refractivity contribution in [2.24, 2.45) is 39.9 Å². The molecule has 0 bridgehead atoms. The number of aliphatic hydroxyl groups is 3. The molecule has 46 nitrogen and oxygen atoms in total. The molecule has 119 heavy (non-hydrogen) atoms. The van der Waals surface area contributed by atoms with Gasteiger partial charge in [-0.1, -0.05) is 53.7 Å². The maximum Gasteiger partial charge on any atom is 0.328 e. The summed E-state index contributed by atoms with van der Waals surface area (Å²) in [5, 5.41) is 111. The second-order valence-corrected chi connectivity index (χ2v) is 29.9. The van der Waals surface area contributed by atoms with Crippen LogP contribution in [-0.2, 0) is 97.5 Å². The number of aliphatic carboxylic acids is 4. The van der Waals surface area contributed by atoms with Crippen molar-refractivity contribution in [3.63, 3.8) is 0 Å². The van der Waals surface area contributed by atoms with Crippen LogP contribution in [0.2, 0.25) is 0 Å². The number of nitrogens with zero attached hydrogens (tertiary/aromatic N) is 2. The zero-order valence-electron chi connectivity index (χ0n) is 67.4. The van der Waals surface area contributed by atoms with Crippen LogP contribution in [-0.4, -0.2) is 300 Å². The summed E-state index contributed by atoms with van der Waals surface area (Å²) in [5.41, 5.74) is 17.3. The van der Waals surface area contributed by atoms with E-state index in [0.717, 1.165) is 18.7 Å². The lowest BCUT2D eigenvalue weighted by Gasteiger charge is -2.31. The maximum atomic E-state index is 14.5. The molecule has 1 fully saturated rings. The molecule has 1 aromatic carbocycles. The number of amides is 15. The highest BCUT2D eigenvalue weighted by molar-refractivity contribution is 7.80. The highest BCUT2D eigenvalue weighted by atomic mass is 32.1. The summed E-state index contributed by atoms with van der Waals surface area (Å²) < 4.78 is 0. The van der Waals surface area contributed by atoms with Crippen LogP contribution >= 0.6 is 12.6 Å². The van der Waals surface area contributed by atoms with Crippen molar-refractivity contribution in [1.82, 2.24) is 79.3 Å². The van der Waals surface area contributed by atoms with Gasteiger partial charge in [0.25, 0.3) is 0 Å². The van der Waals surface area contributed by atoms with Crippen LogP contribution in [0.25, 0.3) is 0 Å². The number of nitrogens with one attached hydrogen (secondary N) is 14. The Labute approximate surface area is 689 Å². The summed E-state index contributed by atoms with van der Waals surface area (Å²) in [6.45, 7) is 9.86. The minimum atomic E-state index is -1.99. The van der Waals surface area contributed by atoms with E-state index < -0.39 is 279 Å². The van der Waals surface area contributed by atoms with Gasteiger partial charge in [-0.2, -0.15) is 12.6 Å².